The van der Waals surface area contributed by atoms with Crippen LogP contribution in [0, 0.1) is 13.8 Å². The van der Waals surface area contributed by atoms with Crippen molar-refractivity contribution in [2.24, 2.45) is 0 Å². The molecule has 2 aromatic heterocycles. The number of hydrogen-bond acceptors (Lipinski definition) is 4. The highest BCUT2D eigenvalue weighted by Crippen LogP contribution is 2.38. The van der Waals surface area contributed by atoms with E-state index in [4.69, 9.17) is 14.8 Å². The molecule has 32 heavy (non-hydrogen) atoms. The van der Waals surface area contributed by atoms with Gasteiger partial charge in [0.25, 0.3) is 0 Å². The van der Waals surface area contributed by atoms with Crippen LogP contribution >= 0.6 is 0 Å². The highest BCUT2D eigenvalue weighted by atomic mass is 16.5. The quantitative estimate of drug-likeness (QED) is 0.411. The Labute approximate surface area is 192 Å². The van der Waals surface area contributed by atoms with Gasteiger partial charge >= 0.3 is 0 Å². The molecular formula is C27H38N4O. The zero-order valence-electron chi connectivity index (χ0n) is 20.7. The summed E-state index contributed by atoms with van der Waals surface area (Å²) in [5.41, 5.74) is 9.52. The average molecular weight is 435 g/mol. The van der Waals surface area contributed by atoms with Gasteiger partial charge in [-0.25, -0.2) is 4.98 Å². The zero-order chi connectivity index (χ0) is 22.8. The standard InChI is InChI=1S/C27H38N4O/c1-7-10-21(11-8-2)30(5)27-23-12-9-13-24(23)28-26-25(19(4)29-31(26)27)22-15-14-20(17-32-6)16-18(22)3/h14-16,21H,7-13,17H2,1-6H3. The van der Waals surface area contributed by atoms with Crippen molar-refractivity contribution in [3.63, 3.8) is 0 Å². The Kier molecular flexibility index (Phi) is 6.85. The molecule has 0 aliphatic heterocycles. The number of nitrogens with zero attached hydrogens (tertiary/aromatic N) is 4. The molecule has 0 N–H and O–H groups in total. The Morgan fingerprint density at radius 2 is 1.88 bits per heavy atom. The molecule has 0 radical (unpaired) electrons. The Hall–Kier alpha value is -2.40. The molecule has 0 fully saturated rings. The van der Waals surface area contributed by atoms with E-state index in [2.05, 4.69) is 62.4 Å². The number of benzene rings is 1. The van der Waals surface area contributed by atoms with Gasteiger partial charge in [-0.1, -0.05) is 44.9 Å². The van der Waals surface area contributed by atoms with E-state index in [1.807, 2.05) is 0 Å². The van der Waals surface area contributed by atoms with Crippen LogP contribution in [0.3, 0.4) is 0 Å². The van der Waals surface area contributed by atoms with Gasteiger partial charge in [0.1, 0.15) is 5.82 Å². The minimum Gasteiger partial charge on any atom is -0.380 e. The molecule has 0 bridgehead atoms. The summed E-state index contributed by atoms with van der Waals surface area (Å²) in [6.45, 7) is 9.50. The maximum Gasteiger partial charge on any atom is 0.165 e. The van der Waals surface area contributed by atoms with E-state index in [0.717, 1.165) is 24.2 Å². The second-order valence-corrected chi connectivity index (χ2v) is 9.33. The van der Waals surface area contributed by atoms with Crippen molar-refractivity contribution in [3.05, 3.63) is 46.3 Å². The lowest BCUT2D eigenvalue weighted by atomic mass is 9.98. The van der Waals surface area contributed by atoms with Crippen LogP contribution in [0.2, 0.25) is 0 Å². The summed E-state index contributed by atoms with van der Waals surface area (Å²) < 4.78 is 7.48. The average Bonchev–Trinajstić information content (AvgIpc) is 3.35. The summed E-state index contributed by atoms with van der Waals surface area (Å²) in [6, 6.07) is 7.13. The number of methoxy groups -OCH3 is 1. The first-order valence-electron chi connectivity index (χ1n) is 12.2. The molecule has 1 aliphatic carbocycles. The minimum absolute atomic E-state index is 0.531. The molecule has 0 saturated heterocycles. The van der Waals surface area contributed by atoms with E-state index in [1.54, 1.807) is 7.11 Å². The first-order valence-corrected chi connectivity index (χ1v) is 12.2. The third-order valence-corrected chi connectivity index (χ3v) is 6.93. The van der Waals surface area contributed by atoms with E-state index in [-0.39, 0.29) is 0 Å². The Morgan fingerprint density at radius 3 is 2.53 bits per heavy atom. The number of hydrogen-bond donors (Lipinski definition) is 0. The molecule has 1 aliphatic rings. The third kappa shape index (κ3) is 4.03. The fourth-order valence-corrected chi connectivity index (χ4v) is 5.43. The Bertz CT molecular complexity index is 1090. The molecule has 4 rings (SSSR count). The van der Waals surface area contributed by atoms with Crippen molar-refractivity contribution in [2.75, 3.05) is 19.1 Å². The minimum atomic E-state index is 0.531. The van der Waals surface area contributed by atoms with Gasteiger partial charge in [0, 0.05) is 37.0 Å². The van der Waals surface area contributed by atoms with Crippen LogP contribution in [0.25, 0.3) is 16.8 Å². The van der Waals surface area contributed by atoms with E-state index in [9.17, 15) is 0 Å². The van der Waals surface area contributed by atoms with Crippen molar-refractivity contribution < 1.29 is 4.74 Å². The summed E-state index contributed by atoms with van der Waals surface area (Å²) in [7, 11) is 4.01. The molecule has 3 aromatic rings. The van der Waals surface area contributed by atoms with Gasteiger partial charge in [0.05, 0.1) is 12.3 Å². The summed E-state index contributed by atoms with van der Waals surface area (Å²) in [5, 5.41) is 5.08. The van der Waals surface area contributed by atoms with Gasteiger partial charge in [-0.2, -0.15) is 9.61 Å². The van der Waals surface area contributed by atoms with Crippen molar-refractivity contribution >= 4 is 11.5 Å². The second-order valence-electron chi connectivity index (χ2n) is 9.33. The fourth-order valence-electron chi connectivity index (χ4n) is 5.43. The van der Waals surface area contributed by atoms with Crippen LogP contribution < -0.4 is 4.90 Å². The van der Waals surface area contributed by atoms with Crippen molar-refractivity contribution in [1.82, 2.24) is 14.6 Å². The molecule has 172 valence electrons. The van der Waals surface area contributed by atoms with Crippen LogP contribution in [0.5, 0.6) is 0 Å². The zero-order valence-corrected chi connectivity index (χ0v) is 20.7. The first kappa shape index (κ1) is 22.8. The maximum absolute atomic E-state index is 5.33. The summed E-state index contributed by atoms with van der Waals surface area (Å²) in [4.78, 5) is 7.71. The highest BCUT2D eigenvalue weighted by molar-refractivity contribution is 5.83. The lowest BCUT2D eigenvalue weighted by Gasteiger charge is -2.31. The lowest BCUT2D eigenvalue weighted by molar-refractivity contribution is 0.185. The molecular weight excluding hydrogens is 396 g/mol. The SMILES string of the molecule is CCCC(CCC)N(C)c1c2c(nc3c(-c4ccc(COC)cc4C)c(C)nn13)CCC2. The van der Waals surface area contributed by atoms with Crippen LogP contribution in [0.15, 0.2) is 18.2 Å². The highest BCUT2D eigenvalue weighted by Gasteiger charge is 2.28. The van der Waals surface area contributed by atoms with Crippen molar-refractivity contribution in [1.29, 1.82) is 0 Å². The van der Waals surface area contributed by atoms with Gasteiger partial charge in [0.15, 0.2) is 5.65 Å². The monoisotopic (exact) mass is 434 g/mol. The van der Waals surface area contributed by atoms with E-state index < -0.39 is 0 Å². The number of fused-ring (bicyclic) bond motifs is 2. The summed E-state index contributed by atoms with van der Waals surface area (Å²) >= 11 is 0. The molecule has 0 unspecified atom stereocenters. The molecule has 0 spiro atoms. The van der Waals surface area contributed by atoms with Crippen LogP contribution in [0.1, 0.15) is 74.0 Å². The molecule has 5 nitrogen and oxygen atoms in total. The van der Waals surface area contributed by atoms with E-state index in [1.165, 1.54) is 71.4 Å². The smallest absolute Gasteiger partial charge is 0.165 e. The predicted octanol–water partition coefficient (Wildman–Crippen LogP) is 6.05. The van der Waals surface area contributed by atoms with Crippen LogP contribution in [0.4, 0.5) is 5.82 Å². The fraction of sp³-hybridized carbons (Fsp3) is 0.556. The first-order chi connectivity index (χ1) is 15.5. The third-order valence-electron chi connectivity index (χ3n) is 6.93. The number of rotatable bonds is 9. The predicted molar refractivity (Wildman–Crippen MR) is 133 cm³/mol. The van der Waals surface area contributed by atoms with Crippen molar-refractivity contribution in [2.45, 2.75) is 85.3 Å². The molecule has 5 heteroatoms. The van der Waals surface area contributed by atoms with Crippen molar-refractivity contribution in [3.8, 4) is 11.1 Å². The molecule has 0 atom stereocenters. The van der Waals surface area contributed by atoms with Gasteiger partial charge in [-0.3, -0.25) is 0 Å². The number of aromatic nitrogens is 3. The van der Waals surface area contributed by atoms with E-state index >= 15 is 0 Å². The van der Waals surface area contributed by atoms with E-state index in [0.29, 0.717) is 12.6 Å². The molecule has 0 saturated carbocycles. The Balaban J connectivity index is 1.90. The maximum atomic E-state index is 5.33. The molecule has 1 aromatic carbocycles. The number of aryl methyl sites for hydroxylation is 3. The van der Waals surface area contributed by atoms with Gasteiger partial charge in [0.2, 0.25) is 0 Å². The largest absolute Gasteiger partial charge is 0.380 e. The van der Waals surface area contributed by atoms with Gasteiger partial charge in [-0.05, 0) is 62.6 Å². The van der Waals surface area contributed by atoms with Gasteiger partial charge in [-0.15, -0.1) is 0 Å². The topological polar surface area (TPSA) is 42.7 Å². The number of anilines is 1. The molecule has 0 amide bonds. The summed E-state index contributed by atoms with van der Waals surface area (Å²) in [6.07, 6.45) is 8.15. The second kappa shape index (κ2) is 9.62. The summed E-state index contributed by atoms with van der Waals surface area (Å²) in [5.74, 6) is 1.26. The van der Waals surface area contributed by atoms with Crippen LogP contribution in [-0.2, 0) is 24.2 Å². The Morgan fingerprint density at radius 1 is 1.12 bits per heavy atom. The normalized spacial score (nSPS) is 13.3. The lowest BCUT2D eigenvalue weighted by Crippen LogP contribution is -2.34. The number of ether oxygens (including phenoxy) is 1. The van der Waals surface area contributed by atoms with Gasteiger partial charge < -0.3 is 9.64 Å². The molecule has 2 heterocycles. The van der Waals surface area contributed by atoms with Crippen LogP contribution in [-0.4, -0.2) is 34.8 Å².